The van der Waals surface area contributed by atoms with E-state index in [9.17, 15) is 0 Å². The molecule has 1 aliphatic heterocycles. The fraction of sp³-hybridized carbons (Fsp3) is 1.00. The second kappa shape index (κ2) is 9.86. The van der Waals surface area contributed by atoms with Gasteiger partial charge >= 0.3 is 0 Å². The van der Waals surface area contributed by atoms with Gasteiger partial charge in [-0.15, -0.1) is 0 Å². The van der Waals surface area contributed by atoms with Crippen molar-refractivity contribution >= 4 is 0 Å². The number of hydrogen-bond donors (Lipinski definition) is 2. The summed E-state index contributed by atoms with van der Waals surface area (Å²) in [6.07, 6.45) is 5.36. The van der Waals surface area contributed by atoms with Gasteiger partial charge in [-0.1, -0.05) is 20.3 Å². The molecule has 0 aromatic heterocycles. The highest BCUT2D eigenvalue weighted by Gasteiger charge is 2.21. The van der Waals surface area contributed by atoms with Gasteiger partial charge in [0.15, 0.2) is 0 Å². The van der Waals surface area contributed by atoms with Crippen molar-refractivity contribution in [3.63, 3.8) is 0 Å². The zero-order valence-electron chi connectivity index (χ0n) is 11.8. The summed E-state index contributed by atoms with van der Waals surface area (Å²) in [5.41, 5.74) is 0. The lowest BCUT2D eigenvalue weighted by Gasteiger charge is -2.16. The van der Waals surface area contributed by atoms with E-state index >= 15 is 0 Å². The molecule has 102 valence electrons. The molecule has 1 heterocycles. The molecule has 0 amide bonds. The van der Waals surface area contributed by atoms with Crippen LogP contribution in [0.15, 0.2) is 0 Å². The number of nitrogens with zero attached hydrogens (tertiary/aromatic N) is 1. The quantitative estimate of drug-likeness (QED) is 0.570. The Morgan fingerprint density at radius 2 is 2.00 bits per heavy atom. The van der Waals surface area contributed by atoms with Crippen molar-refractivity contribution in [3.8, 4) is 0 Å². The summed E-state index contributed by atoms with van der Waals surface area (Å²) in [5.74, 6) is 0.935. The average Bonchev–Trinajstić information content (AvgIpc) is 2.77. The minimum atomic E-state index is 0.935. The van der Waals surface area contributed by atoms with E-state index in [1.165, 1.54) is 65.0 Å². The molecule has 0 aromatic rings. The largest absolute Gasteiger partial charge is 0.317 e. The second-order valence-corrected chi connectivity index (χ2v) is 5.20. The molecule has 0 bridgehead atoms. The Bertz CT molecular complexity index is 173. The molecule has 1 saturated heterocycles. The Labute approximate surface area is 107 Å². The standard InChI is InChI=1S/C14H31N3/c1-3-5-8-16-10-12-17-11-7-14(13-17)6-9-15-4-2/h14-16H,3-13H2,1-2H3. The lowest BCUT2D eigenvalue weighted by molar-refractivity contribution is 0.318. The van der Waals surface area contributed by atoms with Gasteiger partial charge in [-0.2, -0.15) is 0 Å². The molecule has 1 aliphatic rings. The lowest BCUT2D eigenvalue weighted by atomic mass is 10.1. The fourth-order valence-corrected chi connectivity index (χ4v) is 2.50. The van der Waals surface area contributed by atoms with Crippen LogP contribution >= 0.6 is 0 Å². The van der Waals surface area contributed by atoms with Gasteiger partial charge in [0.25, 0.3) is 0 Å². The number of unbranched alkanes of at least 4 members (excludes halogenated alkanes) is 1. The predicted octanol–water partition coefficient (Wildman–Crippen LogP) is 1.70. The third-order valence-electron chi connectivity index (χ3n) is 3.66. The van der Waals surface area contributed by atoms with Crippen LogP contribution in [0.3, 0.4) is 0 Å². The maximum atomic E-state index is 3.53. The fourth-order valence-electron chi connectivity index (χ4n) is 2.50. The molecule has 0 radical (unpaired) electrons. The molecule has 1 atom stereocenters. The van der Waals surface area contributed by atoms with Crippen molar-refractivity contribution in [2.45, 2.75) is 39.5 Å². The summed E-state index contributed by atoms with van der Waals surface area (Å²) in [6, 6.07) is 0. The minimum absolute atomic E-state index is 0.935. The van der Waals surface area contributed by atoms with Crippen molar-refractivity contribution in [2.24, 2.45) is 5.92 Å². The van der Waals surface area contributed by atoms with Crippen LogP contribution in [0.5, 0.6) is 0 Å². The smallest absolute Gasteiger partial charge is 0.0107 e. The van der Waals surface area contributed by atoms with Crippen LogP contribution in [0.1, 0.15) is 39.5 Å². The third kappa shape index (κ3) is 7.02. The molecule has 1 fully saturated rings. The zero-order chi connectivity index (χ0) is 12.3. The summed E-state index contributed by atoms with van der Waals surface area (Å²) >= 11 is 0. The van der Waals surface area contributed by atoms with Gasteiger partial charge in [-0.3, -0.25) is 0 Å². The molecular weight excluding hydrogens is 210 g/mol. The molecular formula is C14H31N3. The van der Waals surface area contributed by atoms with Crippen molar-refractivity contribution < 1.29 is 0 Å². The molecule has 1 rings (SSSR count). The molecule has 0 aromatic carbocycles. The molecule has 0 spiro atoms. The SMILES string of the molecule is CCCCNCCN1CCC(CCNCC)C1. The summed E-state index contributed by atoms with van der Waals surface area (Å²) in [7, 11) is 0. The normalized spacial score (nSPS) is 21.2. The monoisotopic (exact) mass is 241 g/mol. The van der Waals surface area contributed by atoms with Crippen molar-refractivity contribution in [1.29, 1.82) is 0 Å². The van der Waals surface area contributed by atoms with Gasteiger partial charge in [0.1, 0.15) is 0 Å². The third-order valence-corrected chi connectivity index (χ3v) is 3.66. The van der Waals surface area contributed by atoms with Gasteiger partial charge < -0.3 is 15.5 Å². The second-order valence-electron chi connectivity index (χ2n) is 5.20. The summed E-state index contributed by atoms with van der Waals surface area (Å²) in [6.45, 7) is 13.0. The van der Waals surface area contributed by atoms with Crippen LogP contribution in [0.4, 0.5) is 0 Å². The Hall–Kier alpha value is -0.120. The molecule has 2 N–H and O–H groups in total. The Kier molecular flexibility index (Phi) is 8.67. The lowest BCUT2D eigenvalue weighted by Crippen LogP contribution is -2.31. The van der Waals surface area contributed by atoms with E-state index in [1.807, 2.05) is 0 Å². The van der Waals surface area contributed by atoms with Crippen LogP contribution in [-0.2, 0) is 0 Å². The first-order chi connectivity index (χ1) is 8.36. The summed E-state index contributed by atoms with van der Waals surface area (Å²) in [5, 5.41) is 6.95. The van der Waals surface area contributed by atoms with Crippen LogP contribution in [0, 0.1) is 5.92 Å². The van der Waals surface area contributed by atoms with E-state index in [1.54, 1.807) is 0 Å². The first kappa shape index (κ1) is 14.9. The zero-order valence-corrected chi connectivity index (χ0v) is 11.8. The van der Waals surface area contributed by atoms with Gasteiger partial charge in [0.2, 0.25) is 0 Å². The van der Waals surface area contributed by atoms with E-state index < -0.39 is 0 Å². The number of likely N-dealkylation sites (tertiary alicyclic amines) is 1. The minimum Gasteiger partial charge on any atom is -0.317 e. The molecule has 17 heavy (non-hydrogen) atoms. The highest BCUT2D eigenvalue weighted by molar-refractivity contribution is 4.76. The number of rotatable bonds is 10. The van der Waals surface area contributed by atoms with Crippen molar-refractivity contribution in [1.82, 2.24) is 15.5 Å². The highest BCUT2D eigenvalue weighted by atomic mass is 15.2. The Morgan fingerprint density at radius 1 is 1.12 bits per heavy atom. The van der Waals surface area contributed by atoms with Gasteiger partial charge in [0, 0.05) is 19.6 Å². The van der Waals surface area contributed by atoms with E-state index in [-0.39, 0.29) is 0 Å². The molecule has 3 heteroatoms. The van der Waals surface area contributed by atoms with Crippen LogP contribution in [0.2, 0.25) is 0 Å². The van der Waals surface area contributed by atoms with Crippen molar-refractivity contribution in [2.75, 3.05) is 45.8 Å². The van der Waals surface area contributed by atoms with Gasteiger partial charge in [-0.05, 0) is 51.4 Å². The van der Waals surface area contributed by atoms with Gasteiger partial charge in [-0.25, -0.2) is 0 Å². The average molecular weight is 241 g/mol. The molecule has 1 unspecified atom stereocenters. The predicted molar refractivity (Wildman–Crippen MR) is 75.5 cm³/mol. The Balaban J connectivity index is 1.94. The van der Waals surface area contributed by atoms with E-state index in [4.69, 9.17) is 0 Å². The molecule has 0 aliphatic carbocycles. The topological polar surface area (TPSA) is 27.3 Å². The summed E-state index contributed by atoms with van der Waals surface area (Å²) in [4.78, 5) is 2.62. The van der Waals surface area contributed by atoms with Gasteiger partial charge in [0.05, 0.1) is 0 Å². The maximum Gasteiger partial charge on any atom is 0.0107 e. The number of hydrogen-bond acceptors (Lipinski definition) is 3. The Morgan fingerprint density at radius 3 is 2.76 bits per heavy atom. The first-order valence-corrected chi connectivity index (χ1v) is 7.50. The van der Waals surface area contributed by atoms with Crippen LogP contribution < -0.4 is 10.6 Å². The van der Waals surface area contributed by atoms with Crippen LogP contribution in [0.25, 0.3) is 0 Å². The number of nitrogens with one attached hydrogen (secondary N) is 2. The van der Waals surface area contributed by atoms with E-state index in [0.29, 0.717) is 0 Å². The molecule has 0 saturated carbocycles. The first-order valence-electron chi connectivity index (χ1n) is 7.50. The highest BCUT2D eigenvalue weighted by Crippen LogP contribution is 2.18. The molecule has 3 nitrogen and oxygen atoms in total. The van der Waals surface area contributed by atoms with Crippen LogP contribution in [-0.4, -0.2) is 50.7 Å². The van der Waals surface area contributed by atoms with E-state index in [2.05, 4.69) is 29.4 Å². The van der Waals surface area contributed by atoms with Crippen molar-refractivity contribution in [3.05, 3.63) is 0 Å². The summed E-state index contributed by atoms with van der Waals surface area (Å²) < 4.78 is 0. The maximum absolute atomic E-state index is 3.53. The van der Waals surface area contributed by atoms with E-state index in [0.717, 1.165) is 12.5 Å².